The van der Waals surface area contributed by atoms with Crippen molar-refractivity contribution in [3.05, 3.63) is 141 Å². The van der Waals surface area contributed by atoms with Crippen LogP contribution in [0.3, 0.4) is 0 Å². The number of hydrogen-bond acceptors (Lipinski definition) is 11. The van der Waals surface area contributed by atoms with Crippen molar-refractivity contribution in [2.24, 2.45) is 0 Å². The Hall–Kier alpha value is -6.97. The molecular weight excluding hydrogens is 777 g/mol. The van der Waals surface area contributed by atoms with E-state index in [1.165, 1.54) is 27.9 Å². The maximum absolute atomic E-state index is 4.41. The third-order valence-electron chi connectivity index (χ3n) is 9.68. The van der Waals surface area contributed by atoms with Crippen molar-refractivity contribution >= 4 is 28.0 Å². The predicted molar refractivity (Wildman–Crippen MR) is 247 cm³/mol. The van der Waals surface area contributed by atoms with Crippen LogP contribution in [0.1, 0.15) is 100 Å². The monoisotopic (exact) mass is 839 g/mol. The van der Waals surface area contributed by atoms with Crippen LogP contribution in [0.2, 0.25) is 0 Å². The van der Waals surface area contributed by atoms with E-state index >= 15 is 0 Å². The first-order valence-electron chi connectivity index (χ1n) is 19.7. The summed E-state index contributed by atoms with van der Waals surface area (Å²) in [4.78, 5) is 25.3. The van der Waals surface area contributed by atoms with Gasteiger partial charge in [0.2, 0.25) is 0 Å². The minimum Gasteiger partial charge on any atom is -0.239 e. The summed E-state index contributed by atoms with van der Waals surface area (Å²) in [5.41, 5.74) is 18.0. The number of aryl methyl sites for hydroxylation is 15. The van der Waals surface area contributed by atoms with Crippen LogP contribution in [0.4, 0.5) is 0 Å². The first-order valence-corrected chi connectivity index (χ1v) is 19.7. The summed E-state index contributed by atoms with van der Waals surface area (Å²) in [7, 11) is 0. The van der Waals surface area contributed by atoms with E-state index in [1.807, 2.05) is 123 Å². The van der Waals surface area contributed by atoms with E-state index in [1.54, 1.807) is 12.4 Å². The fraction of sp³-hybridized carbons (Fsp3) is 0.370. The van der Waals surface area contributed by atoms with Crippen LogP contribution < -0.4 is 0 Å². The summed E-state index contributed by atoms with van der Waals surface area (Å²) < 4.78 is 9.38. The van der Waals surface area contributed by atoms with Gasteiger partial charge in [0.05, 0.1) is 75.9 Å². The van der Waals surface area contributed by atoms with Gasteiger partial charge in [-0.3, -0.25) is 0 Å². The smallest absolute Gasteiger partial charge is 0.175 e. The van der Waals surface area contributed by atoms with Gasteiger partial charge in [-0.2, -0.15) is 25.5 Å². The molecule has 10 aromatic rings. The second-order valence-electron chi connectivity index (χ2n) is 15.2. The fourth-order valence-electron chi connectivity index (χ4n) is 6.86. The molecule has 10 aromatic heterocycles. The van der Waals surface area contributed by atoms with Gasteiger partial charge in [0.25, 0.3) is 0 Å². The number of aromatic nitrogens is 16. The van der Waals surface area contributed by atoms with Crippen molar-refractivity contribution < 1.29 is 0 Å². The highest BCUT2D eigenvalue weighted by atomic mass is 15.3. The van der Waals surface area contributed by atoms with Crippen molar-refractivity contribution in [2.75, 3.05) is 0 Å². The molecule has 326 valence electrons. The van der Waals surface area contributed by atoms with Gasteiger partial charge in [-0.05, 0) is 151 Å². The van der Waals surface area contributed by atoms with Gasteiger partial charge in [0, 0.05) is 5.69 Å². The lowest BCUT2D eigenvalue weighted by Crippen LogP contribution is -2.01. The first kappa shape index (κ1) is 47.7. The van der Waals surface area contributed by atoms with E-state index in [-0.39, 0.29) is 14.9 Å². The molecule has 0 N–H and O–H groups in total. The minimum absolute atomic E-state index is 0. The third kappa shape index (κ3) is 10.3. The Bertz CT molecular complexity index is 2630. The number of hydrogen-bond donors (Lipinski definition) is 0. The quantitative estimate of drug-likeness (QED) is 0.143. The zero-order chi connectivity index (χ0) is 43.6. The van der Waals surface area contributed by atoms with Gasteiger partial charge in [0.15, 0.2) is 16.9 Å². The summed E-state index contributed by atoms with van der Waals surface area (Å²) in [6.07, 6.45) is 7.28. The highest BCUT2D eigenvalue weighted by Gasteiger charge is 2.07. The van der Waals surface area contributed by atoms with Crippen LogP contribution in [-0.4, -0.2) is 78.0 Å². The summed E-state index contributed by atoms with van der Waals surface area (Å²) >= 11 is 0. The fourth-order valence-corrected chi connectivity index (χ4v) is 6.86. The average molecular weight is 839 g/mol. The Labute approximate surface area is 364 Å². The number of nitrogens with zero attached hydrogens (tertiary/aromatic N) is 16. The van der Waals surface area contributed by atoms with Gasteiger partial charge >= 0.3 is 0 Å². The molecule has 16 nitrogen and oxygen atoms in total. The topological polar surface area (TPSA) is 164 Å². The van der Waals surface area contributed by atoms with Gasteiger partial charge in [-0.15, -0.1) is 0 Å². The van der Waals surface area contributed by atoms with Crippen LogP contribution in [0, 0.1) is 104 Å². The lowest BCUT2D eigenvalue weighted by Gasteiger charge is -2.01. The molecule has 10 heterocycles. The molecule has 0 aliphatic heterocycles. The van der Waals surface area contributed by atoms with Crippen LogP contribution in [0.5, 0.6) is 0 Å². The van der Waals surface area contributed by atoms with Crippen LogP contribution in [0.25, 0.3) is 28.0 Å². The molecule has 16 heteroatoms. The van der Waals surface area contributed by atoms with E-state index in [9.17, 15) is 0 Å². The zero-order valence-corrected chi connectivity index (χ0v) is 37.4. The van der Waals surface area contributed by atoms with Crippen LogP contribution >= 0.6 is 0 Å². The van der Waals surface area contributed by atoms with E-state index in [2.05, 4.69) is 101 Å². The normalized spacial score (nSPS) is 10.6. The molecule has 0 atom stereocenters. The standard InChI is InChI=1S/C10H12N2.2C9H11N3.2C8H10N4.2CH4/c1-7-6-8(2)11-12-9(3)4-5-10(7)12;2*1-6-4-7(2)11-12-8(3)5-10-9(6)12;1-5-8-4-9-7(3)12(8)11-6(2)10-5;1-5-4-9-8-6(2)10-7(3)11-12(5)8;;/h4-6H,1-3H3;2*4-5H,1-3H3;2*4H,1-3H3;2*1H4. The molecule has 0 aliphatic carbocycles. The zero-order valence-electron chi connectivity index (χ0n) is 37.4. The number of fused-ring (bicyclic) bond motifs is 5. The molecule has 0 aromatic carbocycles. The average Bonchev–Trinajstić information content (AvgIpc) is 4.01. The van der Waals surface area contributed by atoms with Gasteiger partial charge < -0.3 is 0 Å². The molecule has 0 unspecified atom stereocenters. The van der Waals surface area contributed by atoms with Crippen LogP contribution in [-0.2, 0) is 0 Å². The van der Waals surface area contributed by atoms with Gasteiger partial charge in [0.1, 0.15) is 23.0 Å². The molecule has 62 heavy (non-hydrogen) atoms. The maximum Gasteiger partial charge on any atom is 0.175 e. The number of imidazole rings is 4. The largest absolute Gasteiger partial charge is 0.239 e. The minimum atomic E-state index is 0. The molecule has 0 aliphatic rings. The Balaban J connectivity index is 0.000000169. The number of rotatable bonds is 0. The van der Waals surface area contributed by atoms with E-state index in [4.69, 9.17) is 0 Å². The Morgan fingerprint density at radius 2 is 0.774 bits per heavy atom. The van der Waals surface area contributed by atoms with Crippen molar-refractivity contribution in [1.29, 1.82) is 0 Å². The maximum atomic E-state index is 4.41. The summed E-state index contributed by atoms with van der Waals surface area (Å²) in [5, 5.41) is 21.6. The molecule has 0 saturated heterocycles. The Morgan fingerprint density at radius 3 is 1.29 bits per heavy atom. The molecule has 0 saturated carbocycles. The summed E-state index contributed by atoms with van der Waals surface area (Å²) in [6, 6.07) is 10.4. The highest BCUT2D eigenvalue weighted by molar-refractivity contribution is 5.55. The van der Waals surface area contributed by atoms with Crippen molar-refractivity contribution in [3.8, 4) is 0 Å². The summed E-state index contributed by atoms with van der Waals surface area (Å²) in [6.45, 7) is 29.9. The third-order valence-corrected chi connectivity index (χ3v) is 9.68. The van der Waals surface area contributed by atoms with E-state index < -0.39 is 0 Å². The predicted octanol–water partition coefficient (Wildman–Crippen LogP) is 8.94. The van der Waals surface area contributed by atoms with Gasteiger partial charge in [-0.1, -0.05) is 14.9 Å². The lowest BCUT2D eigenvalue weighted by atomic mass is 10.2. The van der Waals surface area contributed by atoms with Crippen molar-refractivity contribution in [1.82, 2.24) is 78.0 Å². The highest BCUT2D eigenvalue weighted by Crippen LogP contribution is 2.14. The molecule has 10 rings (SSSR count). The first-order chi connectivity index (χ1) is 28.4. The van der Waals surface area contributed by atoms with Crippen molar-refractivity contribution in [3.63, 3.8) is 0 Å². The molecule has 0 radical (unpaired) electrons. The van der Waals surface area contributed by atoms with E-state index in [0.29, 0.717) is 0 Å². The lowest BCUT2D eigenvalue weighted by molar-refractivity contribution is 0.807. The molecular formula is C46H62N16. The van der Waals surface area contributed by atoms with E-state index in [0.717, 1.165) is 85.5 Å². The Kier molecular flexibility index (Phi) is 15.1. The second kappa shape index (κ2) is 19.6. The molecule has 0 spiro atoms. The molecule has 0 bridgehead atoms. The Morgan fingerprint density at radius 1 is 0.355 bits per heavy atom. The van der Waals surface area contributed by atoms with Gasteiger partial charge in [-0.25, -0.2) is 52.5 Å². The summed E-state index contributed by atoms with van der Waals surface area (Å²) in [5.74, 6) is 2.46. The van der Waals surface area contributed by atoms with Crippen LogP contribution in [0.15, 0.2) is 55.1 Å². The second-order valence-corrected chi connectivity index (χ2v) is 15.2. The molecule has 0 fully saturated rings. The van der Waals surface area contributed by atoms with Crippen molar-refractivity contribution in [2.45, 2.75) is 119 Å². The SMILES string of the molecule is C.C.Cc1cc(C)c2ccc(C)n2n1.Cc1cc(C)c2ncc(C)n2n1.Cc1cc(C)c2ncc(C)n2n1.Cc1nc(C)c2cnc(C)n2n1.Cc1nc(C)c2ncc(C)n2n1. The molecule has 0 amide bonds.